The second-order valence-corrected chi connectivity index (χ2v) is 4.53. The van der Waals surface area contributed by atoms with Crippen LogP contribution in [0.15, 0.2) is 22.8 Å². The van der Waals surface area contributed by atoms with Gasteiger partial charge < -0.3 is 5.32 Å². The van der Waals surface area contributed by atoms with Crippen molar-refractivity contribution in [3.05, 3.63) is 22.8 Å². The van der Waals surface area contributed by atoms with Crippen LogP contribution in [0.4, 0.5) is 5.82 Å². The quantitative estimate of drug-likeness (QED) is 0.926. The molecule has 0 saturated carbocycles. The highest BCUT2D eigenvalue weighted by atomic mass is 79.9. The minimum atomic E-state index is -0.658. The number of carbonyl (C=O) groups excluding carboxylic acids is 1. The highest BCUT2D eigenvalue weighted by molar-refractivity contribution is 9.10. The van der Waals surface area contributed by atoms with Gasteiger partial charge in [-0.1, -0.05) is 13.8 Å². The number of halogens is 1. The molecule has 0 bridgehead atoms. The summed E-state index contributed by atoms with van der Waals surface area (Å²) in [5.41, 5.74) is 0. The van der Waals surface area contributed by atoms with E-state index in [-0.39, 0.29) is 11.8 Å². The van der Waals surface area contributed by atoms with Crippen molar-refractivity contribution in [2.24, 2.45) is 11.8 Å². The molecule has 0 aliphatic carbocycles. The zero-order valence-corrected chi connectivity index (χ0v) is 10.7. The molecule has 1 aromatic heterocycles. The molecular weight excluding hydrogens is 270 g/mol. The van der Waals surface area contributed by atoms with Crippen molar-refractivity contribution in [1.82, 2.24) is 4.98 Å². The maximum Gasteiger partial charge on any atom is 0.243 e. The second kappa shape index (κ2) is 5.61. The third kappa shape index (κ3) is 3.04. The highest BCUT2D eigenvalue weighted by Crippen LogP contribution is 2.20. The lowest BCUT2D eigenvalue weighted by Gasteiger charge is -2.13. The van der Waals surface area contributed by atoms with Gasteiger partial charge in [0.15, 0.2) is 0 Å². The first-order valence-electron chi connectivity index (χ1n) is 4.87. The average molecular weight is 282 g/mol. The first-order chi connectivity index (χ1) is 7.56. The van der Waals surface area contributed by atoms with E-state index < -0.39 is 5.92 Å². The van der Waals surface area contributed by atoms with E-state index in [2.05, 4.69) is 26.2 Å². The highest BCUT2D eigenvalue weighted by Gasteiger charge is 2.22. The second-order valence-electron chi connectivity index (χ2n) is 3.67. The first kappa shape index (κ1) is 12.7. The minimum absolute atomic E-state index is 0.0208. The summed E-state index contributed by atoms with van der Waals surface area (Å²) in [5.74, 6) is -0.563. The van der Waals surface area contributed by atoms with E-state index in [0.717, 1.165) is 0 Å². The molecule has 1 unspecified atom stereocenters. The molecule has 16 heavy (non-hydrogen) atoms. The summed E-state index contributed by atoms with van der Waals surface area (Å²) in [6, 6.07) is 5.52. The Bertz CT molecular complexity index is 425. The number of aromatic nitrogens is 1. The third-order valence-corrected chi connectivity index (χ3v) is 2.73. The summed E-state index contributed by atoms with van der Waals surface area (Å²) in [4.78, 5) is 15.7. The van der Waals surface area contributed by atoms with Crippen molar-refractivity contribution < 1.29 is 4.79 Å². The Kier molecular flexibility index (Phi) is 4.44. The molecule has 0 aliphatic rings. The lowest BCUT2D eigenvalue weighted by molar-refractivity contribution is -0.119. The number of carbonyl (C=O) groups is 1. The Morgan fingerprint density at radius 3 is 2.81 bits per heavy atom. The summed E-state index contributed by atoms with van der Waals surface area (Å²) in [6.07, 6.45) is 1.58. The van der Waals surface area contributed by atoms with Gasteiger partial charge in [-0.2, -0.15) is 5.26 Å². The number of hydrogen-bond donors (Lipinski definition) is 1. The van der Waals surface area contributed by atoms with Gasteiger partial charge in [0.2, 0.25) is 5.91 Å². The van der Waals surface area contributed by atoms with Crippen LogP contribution in [0.5, 0.6) is 0 Å². The molecule has 1 aromatic rings. The molecule has 1 rings (SSSR count). The largest absolute Gasteiger partial charge is 0.309 e. The summed E-state index contributed by atoms with van der Waals surface area (Å²) in [7, 11) is 0. The van der Waals surface area contributed by atoms with Crippen molar-refractivity contribution in [1.29, 1.82) is 5.26 Å². The van der Waals surface area contributed by atoms with Crippen LogP contribution in [0.1, 0.15) is 13.8 Å². The van der Waals surface area contributed by atoms with Crippen LogP contribution >= 0.6 is 15.9 Å². The molecule has 84 valence electrons. The normalized spacial score (nSPS) is 11.9. The first-order valence-corrected chi connectivity index (χ1v) is 5.66. The minimum Gasteiger partial charge on any atom is -0.309 e. The van der Waals surface area contributed by atoms with Crippen LogP contribution in [0.25, 0.3) is 0 Å². The standard InChI is InChI=1S/C11H12BrN3O/c1-7(2)8(6-13)11(16)15-10-9(12)4-3-5-14-10/h3-5,7-8H,1-2H3,(H,14,15,16). The van der Waals surface area contributed by atoms with Crippen molar-refractivity contribution in [3.8, 4) is 6.07 Å². The summed E-state index contributed by atoms with van der Waals surface area (Å²) in [5, 5.41) is 11.5. The molecule has 1 N–H and O–H groups in total. The predicted octanol–water partition coefficient (Wildman–Crippen LogP) is 2.58. The number of nitrogens with zero attached hydrogens (tertiary/aromatic N) is 2. The molecule has 0 aliphatic heterocycles. The topological polar surface area (TPSA) is 65.8 Å². The van der Waals surface area contributed by atoms with E-state index in [1.807, 2.05) is 19.9 Å². The predicted molar refractivity (Wildman–Crippen MR) is 64.5 cm³/mol. The monoisotopic (exact) mass is 281 g/mol. The smallest absolute Gasteiger partial charge is 0.243 e. The van der Waals surface area contributed by atoms with E-state index in [0.29, 0.717) is 10.3 Å². The van der Waals surface area contributed by atoms with E-state index in [1.54, 1.807) is 18.3 Å². The number of hydrogen-bond acceptors (Lipinski definition) is 3. The molecule has 0 radical (unpaired) electrons. The van der Waals surface area contributed by atoms with Gasteiger partial charge >= 0.3 is 0 Å². The van der Waals surface area contributed by atoms with E-state index in [4.69, 9.17) is 5.26 Å². The van der Waals surface area contributed by atoms with Crippen LogP contribution in [0.2, 0.25) is 0 Å². The molecule has 5 heteroatoms. The van der Waals surface area contributed by atoms with Gasteiger partial charge in [-0.3, -0.25) is 4.79 Å². The van der Waals surface area contributed by atoms with E-state index in [9.17, 15) is 4.79 Å². The van der Waals surface area contributed by atoms with E-state index >= 15 is 0 Å². The van der Waals surface area contributed by atoms with Gasteiger partial charge in [-0.05, 0) is 34.0 Å². The number of pyridine rings is 1. The van der Waals surface area contributed by atoms with Crippen molar-refractivity contribution >= 4 is 27.7 Å². The lowest BCUT2D eigenvalue weighted by atomic mass is 9.97. The zero-order valence-electron chi connectivity index (χ0n) is 9.07. The van der Waals surface area contributed by atoms with Gasteiger partial charge in [0.05, 0.1) is 10.5 Å². The molecule has 1 atom stereocenters. The fourth-order valence-corrected chi connectivity index (χ4v) is 1.54. The number of nitriles is 1. The van der Waals surface area contributed by atoms with Crippen LogP contribution in [-0.4, -0.2) is 10.9 Å². The molecule has 0 saturated heterocycles. The fourth-order valence-electron chi connectivity index (χ4n) is 1.18. The van der Waals surface area contributed by atoms with Crippen molar-refractivity contribution in [3.63, 3.8) is 0 Å². The number of amides is 1. The zero-order chi connectivity index (χ0) is 12.1. The van der Waals surface area contributed by atoms with Gasteiger partial charge in [0.1, 0.15) is 11.7 Å². The van der Waals surface area contributed by atoms with Gasteiger partial charge in [0, 0.05) is 6.20 Å². The maximum atomic E-state index is 11.7. The molecule has 0 fully saturated rings. The van der Waals surface area contributed by atoms with Crippen molar-refractivity contribution in [2.75, 3.05) is 5.32 Å². The Labute approximate surface area is 103 Å². The summed E-state index contributed by atoms with van der Waals surface area (Å²) in [6.45, 7) is 3.67. The third-order valence-electron chi connectivity index (χ3n) is 2.09. The molecule has 0 spiro atoms. The Morgan fingerprint density at radius 2 is 2.31 bits per heavy atom. The Hall–Kier alpha value is -1.41. The molecule has 1 amide bonds. The molecule has 0 aromatic carbocycles. The fraction of sp³-hybridized carbons (Fsp3) is 0.364. The molecule has 4 nitrogen and oxygen atoms in total. The van der Waals surface area contributed by atoms with Crippen LogP contribution in [-0.2, 0) is 4.79 Å². The number of nitrogens with one attached hydrogen (secondary N) is 1. The van der Waals surface area contributed by atoms with Crippen LogP contribution < -0.4 is 5.32 Å². The Morgan fingerprint density at radius 1 is 1.62 bits per heavy atom. The molecule has 1 heterocycles. The number of rotatable bonds is 3. The summed E-state index contributed by atoms with van der Waals surface area (Å²) >= 11 is 3.27. The van der Waals surface area contributed by atoms with Gasteiger partial charge in [-0.25, -0.2) is 4.98 Å². The average Bonchev–Trinajstić information content (AvgIpc) is 2.22. The SMILES string of the molecule is CC(C)C(C#N)C(=O)Nc1ncccc1Br. The van der Waals surface area contributed by atoms with Crippen molar-refractivity contribution in [2.45, 2.75) is 13.8 Å². The molecular formula is C11H12BrN3O. The van der Waals surface area contributed by atoms with Crippen LogP contribution in [0, 0.1) is 23.2 Å². The summed E-state index contributed by atoms with van der Waals surface area (Å²) < 4.78 is 0.698. The lowest BCUT2D eigenvalue weighted by Crippen LogP contribution is -2.26. The van der Waals surface area contributed by atoms with Gasteiger partial charge in [0.25, 0.3) is 0 Å². The number of anilines is 1. The maximum absolute atomic E-state index is 11.7. The van der Waals surface area contributed by atoms with E-state index in [1.165, 1.54) is 0 Å². The Balaban J connectivity index is 2.79. The van der Waals surface area contributed by atoms with Gasteiger partial charge in [-0.15, -0.1) is 0 Å². The van der Waals surface area contributed by atoms with Crippen LogP contribution in [0.3, 0.4) is 0 Å².